The van der Waals surface area contributed by atoms with Crippen molar-refractivity contribution in [1.82, 2.24) is 10.3 Å². The number of anilines is 1. The number of amides is 1. The van der Waals surface area contributed by atoms with Crippen LogP contribution in [0.25, 0.3) is 0 Å². The van der Waals surface area contributed by atoms with Crippen LogP contribution >= 0.6 is 0 Å². The molecule has 3 atom stereocenters. The summed E-state index contributed by atoms with van der Waals surface area (Å²) >= 11 is 0. The number of hydrogen-bond acceptors (Lipinski definition) is 3. The van der Waals surface area contributed by atoms with E-state index in [0.717, 1.165) is 25.5 Å². The molecule has 2 aliphatic rings. The molecule has 1 amide bonds. The van der Waals surface area contributed by atoms with E-state index in [1.54, 1.807) is 0 Å². The molecular formula is C12H14FN3O. The summed E-state index contributed by atoms with van der Waals surface area (Å²) < 4.78 is 12.9. The molecule has 0 aromatic carbocycles. The predicted molar refractivity (Wildman–Crippen MR) is 60.9 cm³/mol. The van der Waals surface area contributed by atoms with Gasteiger partial charge in [0.05, 0.1) is 24.0 Å². The van der Waals surface area contributed by atoms with Gasteiger partial charge in [0.1, 0.15) is 5.82 Å². The number of carbonyl (C=O) groups is 1. The minimum atomic E-state index is -0.436. The zero-order chi connectivity index (χ0) is 11.8. The van der Waals surface area contributed by atoms with Crippen LogP contribution in [0, 0.1) is 11.7 Å². The Hall–Kier alpha value is -1.49. The summed E-state index contributed by atoms with van der Waals surface area (Å²) in [5.74, 6) is -0.456. The van der Waals surface area contributed by atoms with Gasteiger partial charge < -0.3 is 10.6 Å². The van der Waals surface area contributed by atoms with E-state index in [9.17, 15) is 9.18 Å². The fourth-order valence-electron chi connectivity index (χ4n) is 2.83. The first-order valence-electron chi connectivity index (χ1n) is 5.90. The minimum absolute atomic E-state index is 0.0111. The molecule has 1 aromatic rings. The van der Waals surface area contributed by atoms with Crippen molar-refractivity contribution in [3.63, 3.8) is 0 Å². The Kier molecular flexibility index (Phi) is 2.55. The Morgan fingerprint density at radius 2 is 2.35 bits per heavy atom. The second-order valence-corrected chi connectivity index (χ2v) is 4.77. The third-order valence-electron chi connectivity index (χ3n) is 3.61. The smallest absolute Gasteiger partial charge is 0.229 e. The molecule has 3 heterocycles. The summed E-state index contributed by atoms with van der Waals surface area (Å²) in [6.45, 7) is 0. The lowest BCUT2D eigenvalue weighted by atomic mass is 9.88. The molecule has 2 N–H and O–H groups in total. The van der Waals surface area contributed by atoms with Crippen molar-refractivity contribution in [1.29, 1.82) is 0 Å². The van der Waals surface area contributed by atoms with E-state index in [1.807, 2.05) is 0 Å². The highest BCUT2D eigenvalue weighted by atomic mass is 19.1. The lowest BCUT2D eigenvalue weighted by Crippen LogP contribution is -2.32. The van der Waals surface area contributed by atoms with Crippen molar-refractivity contribution in [2.75, 3.05) is 5.32 Å². The second-order valence-electron chi connectivity index (χ2n) is 4.77. The summed E-state index contributed by atoms with van der Waals surface area (Å²) in [5.41, 5.74) is 0.428. The third kappa shape index (κ3) is 2.02. The molecule has 1 aromatic heterocycles. The van der Waals surface area contributed by atoms with E-state index in [2.05, 4.69) is 15.6 Å². The van der Waals surface area contributed by atoms with Crippen LogP contribution in [0.4, 0.5) is 10.1 Å². The molecule has 0 spiro atoms. The molecule has 4 nitrogen and oxygen atoms in total. The molecule has 90 valence electrons. The lowest BCUT2D eigenvalue weighted by molar-refractivity contribution is -0.120. The monoisotopic (exact) mass is 235 g/mol. The first kappa shape index (κ1) is 10.7. The van der Waals surface area contributed by atoms with Crippen LogP contribution in [0.15, 0.2) is 18.5 Å². The van der Waals surface area contributed by atoms with Crippen LogP contribution in [0.5, 0.6) is 0 Å². The van der Waals surface area contributed by atoms with Crippen molar-refractivity contribution >= 4 is 11.6 Å². The summed E-state index contributed by atoms with van der Waals surface area (Å²) in [4.78, 5) is 15.7. The van der Waals surface area contributed by atoms with E-state index >= 15 is 0 Å². The number of pyridine rings is 1. The zero-order valence-electron chi connectivity index (χ0n) is 9.32. The number of nitrogens with one attached hydrogen (secondary N) is 2. The van der Waals surface area contributed by atoms with E-state index in [0.29, 0.717) is 17.8 Å². The number of rotatable bonds is 2. The van der Waals surface area contributed by atoms with Gasteiger partial charge in [0.2, 0.25) is 5.91 Å². The summed E-state index contributed by atoms with van der Waals surface area (Å²) in [5, 5.41) is 6.13. The number of carbonyl (C=O) groups excluding carboxylic acids is 1. The van der Waals surface area contributed by atoms with Gasteiger partial charge in [-0.15, -0.1) is 0 Å². The highest BCUT2D eigenvalue weighted by Gasteiger charge is 2.42. The molecule has 2 aliphatic heterocycles. The van der Waals surface area contributed by atoms with Gasteiger partial charge in [-0.05, 0) is 19.3 Å². The maximum atomic E-state index is 12.9. The molecular weight excluding hydrogens is 221 g/mol. The number of fused-ring (bicyclic) bond motifs is 2. The highest BCUT2D eigenvalue weighted by molar-refractivity contribution is 5.93. The van der Waals surface area contributed by atoms with Gasteiger partial charge in [-0.3, -0.25) is 9.78 Å². The lowest BCUT2D eigenvalue weighted by Gasteiger charge is -2.19. The Labute approximate surface area is 98.6 Å². The predicted octanol–water partition coefficient (Wildman–Crippen LogP) is 1.30. The van der Waals surface area contributed by atoms with Gasteiger partial charge in [0, 0.05) is 18.2 Å². The van der Waals surface area contributed by atoms with Gasteiger partial charge >= 0.3 is 0 Å². The van der Waals surface area contributed by atoms with Gasteiger partial charge in [0.15, 0.2) is 0 Å². The number of halogens is 1. The molecule has 0 aliphatic carbocycles. The van der Waals surface area contributed by atoms with Gasteiger partial charge in [-0.1, -0.05) is 0 Å². The fourth-order valence-corrected chi connectivity index (χ4v) is 2.83. The number of hydrogen-bond donors (Lipinski definition) is 2. The zero-order valence-corrected chi connectivity index (χ0v) is 9.32. The van der Waals surface area contributed by atoms with Crippen molar-refractivity contribution in [2.45, 2.75) is 31.3 Å². The molecule has 2 bridgehead atoms. The number of aromatic nitrogens is 1. The van der Waals surface area contributed by atoms with Gasteiger partial charge in [-0.25, -0.2) is 4.39 Å². The Balaban J connectivity index is 1.68. The molecule has 0 saturated carbocycles. The molecule has 3 unspecified atom stereocenters. The standard InChI is InChI=1S/C12H14FN3O/c13-7-3-9(6-14-5-7)16-12(17)10-4-8-1-2-11(10)15-8/h3,5-6,8,10-11,15H,1-2,4H2,(H,16,17). The minimum Gasteiger partial charge on any atom is -0.324 e. The van der Waals surface area contributed by atoms with Gasteiger partial charge in [0.25, 0.3) is 0 Å². The SMILES string of the molecule is O=C(Nc1cncc(F)c1)C1CC2CCC1N2. The van der Waals surface area contributed by atoms with E-state index in [4.69, 9.17) is 0 Å². The van der Waals surface area contributed by atoms with Crippen LogP contribution in [-0.4, -0.2) is 23.0 Å². The van der Waals surface area contributed by atoms with Crippen molar-refractivity contribution < 1.29 is 9.18 Å². The van der Waals surface area contributed by atoms with Crippen LogP contribution in [-0.2, 0) is 4.79 Å². The van der Waals surface area contributed by atoms with Crippen LogP contribution in [0.2, 0.25) is 0 Å². The molecule has 2 saturated heterocycles. The van der Waals surface area contributed by atoms with Crippen molar-refractivity contribution in [2.24, 2.45) is 5.92 Å². The first-order chi connectivity index (χ1) is 8.22. The molecule has 2 fully saturated rings. The molecule has 3 rings (SSSR count). The largest absolute Gasteiger partial charge is 0.324 e. The summed E-state index contributed by atoms with van der Waals surface area (Å²) in [7, 11) is 0. The quantitative estimate of drug-likeness (QED) is 0.812. The maximum Gasteiger partial charge on any atom is 0.229 e. The average Bonchev–Trinajstić information content (AvgIpc) is 2.90. The molecule has 5 heteroatoms. The van der Waals surface area contributed by atoms with Crippen LogP contribution in [0.3, 0.4) is 0 Å². The summed E-state index contributed by atoms with van der Waals surface area (Å²) in [6, 6.07) is 2.06. The van der Waals surface area contributed by atoms with Crippen molar-refractivity contribution in [3.05, 3.63) is 24.3 Å². The maximum absolute atomic E-state index is 12.9. The fraction of sp³-hybridized carbons (Fsp3) is 0.500. The number of nitrogens with zero attached hydrogens (tertiary/aromatic N) is 1. The van der Waals surface area contributed by atoms with Gasteiger partial charge in [-0.2, -0.15) is 0 Å². The van der Waals surface area contributed by atoms with Crippen molar-refractivity contribution in [3.8, 4) is 0 Å². The third-order valence-corrected chi connectivity index (χ3v) is 3.61. The van der Waals surface area contributed by atoms with E-state index < -0.39 is 5.82 Å². The second kappa shape index (κ2) is 4.07. The van der Waals surface area contributed by atoms with Crippen LogP contribution in [0.1, 0.15) is 19.3 Å². The normalized spacial score (nSPS) is 30.5. The molecule has 17 heavy (non-hydrogen) atoms. The highest BCUT2D eigenvalue weighted by Crippen LogP contribution is 2.33. The summed E-state index contributed by atoms with van der Waals surface area (Å²) in [6.07, 6.45) is 5.69. The topological polar surface area (TPSA) is 54.0 Å². The average molecular weight is 235 g/mol. The Morgan fingerprint density at radius 1 is 1.47 bits per heavy atom. The van der Waals surface area contributed by atoms with E-state index in [1.165, 1.54) is 12.3 Å². The first-order valence-corrected chi connectivity index (χ1v) is 5.90. The van der Waals surface area contributed by atoms with E-state index in [-0.39, 0.29) is 11.8 Å². The van der Waals surface area contributed by atoms with Crippen LogP contribution < -0.4 is 10.6 Å². The Bertz CT molecular complexity index is 451. The molecule has 0 radical (unpaired) electrons. The Morgan fingerprint density at radius 3 is 3.00 bits per heavy atom.